The number of hydrogen-bond donors (Lipinski definition) is 7. The Kier molecular flexibility index (Phi) is 10.1. The van der Waals surface area contributed by atoms with Crippen molar-refractivity contribution in [2.45, 2.75) is 70.2 Å². The number of aromatic nitrogens is 2. The molecule has 3 aromatic carbocycles. The number of carbonyl (C=O) groups excluding carboxylic acids is 3. The van der Waals surface area contributed by atoms with Crippen LogP contribution in [-0.4, -0.2) is 62.9 Å². The fraction of sp³-hybridized carbons (Fsp3) is 0.316. The van der Waals surface area contributed by atoms with Gasteiger partial charge in [0.15, 0.2) is 0 Å². The lowest BCUT2D eigenvalue weighted by molar-refractivity contribution is -0.142. The Bertz CT molecular complexity index is 1970. The quantitative estimate of drug-likeness (QED) is 0.101. The molecule has 0 aliphatic carbocycles. The van der Waals surface area contributed by atoms with Gasteiger partial charge in [0, 0.05) is 53.1 Å². The molecule has 254 valence electrons. The molecular weight excluding hydrogens is 620 g/mol. The third-order valence-electron chi connectivity index (χ3n) is 9.57. The fourth-order valence-corrected chi connectivity index (χ4v) is 6.60. The molecule has 3 heterocycles. The highest BCUT2D eigenvalue weighted by atomic mass is 16.4. The predicted molar refractivity (Wildman–Crippen MR) is 188 cm³/mol. The molecular formula is C38H42N6O5. The number of amides is 3. The number of nitrogens with one attached hydrogen (secondary N) is 6. The summed E-state index contributed by atoms with van der Waals surface area (Å²) in [5.74, 6) is -2.87. The number of hydrogen-bond acceptors (Lipinski definition) is 5. The van der Waals surface area contributed by atoms with E-state index in [4.69, 9.17) is 0 Å². The number of rotatable bonds is 13. The molecule has 1 aliphatic rings. The van der Waals surface area contributed by atoms with Gasteiger partial charge in [0.2, 0.25) is 17.7 Å². The summed E-state index contributed by atoms with van der Waals surface area (Å²) in [5.41, 5.74) is 5.55. The molecule has 11 heteroatoms. The molecule has 0 saturated carbocycles. The number of carbonyl (C=O) groups is 4. The molecule has 0 saturated heterocycles. The van der Waals surface area contributed by atoms with Gasteiger partial charge in [0.1, 0.15) is 18.1 Å². The molecule has 0 bridgehead atoms. The molecule has 3 amide bonds. The van der Waals surface area contributed by atoms with Crippen molar-refractivity contribution in [3.8, 4) is 0 Å². The van der Waals surface area contributed by atoms with Crippen molar-refractivity contribution < 1.29 is 24.3 Å². The number of carboxylic acids is 1. The van der Waals surface area contributed by atoms with Crippen LogP contribution < -0.4 is 21.3 Å². The molecule has 0 unspecified atom stereocenters. The Morgan fingerprint density at radius 1 is 0.816 bits per heavy atom. The third kappa shape index (κ3) is 7.52. The van der Waals surface area contributed by atoms with Crippen LogP contribution in [0.1, 0.15) is 42.7 Å². The summed E-state index contributed by atoms with van der Waals surface area (Å²) in [6, 6.07) is 20.9. The molecule has 5 atom stereocenters. The van der Waals surface area contributed by atoms with Crippen molar-refractivity contribution in [3.05, 3.63) is 107 Å². The zero-order chi connectivity index (χ0) is 34.5. The standard InChI is InChI=1S/C38H42N6O5/c1-3-22(2)34(44-35(45)30-19-27-26-14-8-10-16-29(26)41-33(27)21-40-30)37(47)42-31(17-23-11-5-4-6-12-23)36(46)43-32(38(48)49)18-24-20-39-28-15-9-7-13-25(24)28/h4-16,20,22,30-32,34,39-41H,3,17-19,21H2,1-2H3,(H,42,47)(H,43,46)(H,44,45)(H,48,49)/t22-,30-,31-,32-,34-/m0/s1. The van der Waals surface area contributed by atoms with Crippen molar-refractivity contribution in [3.63, 3.8) is 0 Å². The highest BCUT2D eigenvalue weighted by Gasteiger charge is 2.34. The molecule has 49 heavy (non-hydrogen) atoms. The maximum atomic E-state index is 14.0. The molecule has 0 fully saturated rings. The highest BCUT2D eigenvalue weighted by molar-refractivity contribution is 5.95. The van der Waals surface area contributed by atoms with Gasteiger partial charge in [-0.3, -0.25) is 19.7 Å². The van der Waals surface area contributed by atoms with Crippen molar-refractivity contribution in [2.24, 2.45) is 5.92 Å². The van der Waals surface area contributed by atoms with Crippen LogP contribution in [0.15, 0.2) is 85.1 Å². The summed E-state index contributed by atoms with van der Waals surface area (Å²) in [4.78, 5) is 60.4. The Hall–Kier alpha value is -5.42. The number of para-hydroxylation sites is 2. The first-order chi connectivity index (χ1) is 23.7. The zero-order valence-electron chi connectivity index (χ0n) is 27.6. The number of aliphatic carboxylic acids is 1. The number of benzene rings is 3. The average Bonchev–Trinajstić information content (AvgIpc) is 3.70. The van der Waals surface area contributed by atoms with Crippen molar-refractivity contribution >= 4 is 45.5 Å². The van der Waals surface area contributed by atoms with Gasteiger partial charge in [-0.05, 0) is 41.2 Å². The molecule has 0 radical (unpaired) electrons. The largest absolute Gasteiger partial charge is 0.480 e. The van der Waals surface area contributed by atoms with Gasteiger partial charge in [0.05, 0.1) is 6.04 Å². The van der Waals surface area contributed by atoms with E-state index in [2.05, 4.69) is 31.2 Å². The lowest BCUT2D eigenvalue weighted by Crippen LogP contribution is -2.60. The SMILES string of the molecule is CC[C@H](C)[C@H](NC(=O)[C@@H]1Cc2c([nH]c3ccccc23)CN1)C(=O)N[C@@H](Cc1ccccc1)C(=O)N[C@@H](Cc1c[nH]c2ccccc12)C(=O)O. The number of fused-ring (bicyclic) bond motifs is 4. The second-order valence-corrected chi connectivity index (χ2v) is 12.9. The molecule has 1 aliphatic heterocycles. The van der Waals surface area contributed by atoms with Crippen LogP contribution in [0.2, 0.25) is 0 Å². The van der Waals surface area contributed by atoms with E-state index in [0.717, 1.165) is 44.2 Å². The van der Waals surface area contributed by atoms with Crippen LogP contribution in [0.3, 0.4) is 0 Å². The second-order valence-electron chi connectivity index (χ2n) is 12.9. The van der Waals surface area contributed by atoms with E-state index in [0.29, 0.717) is 19.4 Å². The third-order valence-corrected chi connectivity index (χ3v) is 9.57. The van der Waals surface area contributed by atoms with Crippen molar-refractivity contribution in [1.29, 1.82) is 0 Å². The van der Waals surface area contributed by atoms with E-state index in [1.807, 2.05) is 92.7 Å². The summed E-state index contributed by atoms with van der Waals surface area (Å²) in [5, 5.41) is 23.9. The van der Waals surface area contributed by atoms with Crippen molar-refractivity contribution in [2.75, 3.05) is 0 Å². The van der Waals surface area contributed by atoms with E-state index >= 15 is 0 Å². The maximum Gasteiger partial charge on any atom is 0.326 e. The molecule has 5 aromatic rings. The minimum atomic E-state index is -1.24. The maximum absolute atomic E-state index is 14.0. The van der Waals surface area contributed by atoms with Crippen molar-refractivity contribution in [1.82, 2.24) is 31.2 Å². The van der Waals surface area contributed by atoms with Gasteiger partial charge < -0.3 is 31.0 Å². The first-order valence-corrected chi connectivity index (χ1v) is 16.8. The topological polar surface area (TPSA) is 168 Å². The van der Waals surface area contributed by atoms with E-state index in [9.17, 15) is 24.3 Å². The van der Waals surface area contributed by atoms with Gasteiger partial charge in [-0.25, -0.2) is 4.79 Å². The molecule has 2 aromatic heterocycles. The van der Waals surface area contributed by atoms with E-state index in [1.54, 1.807) is 6.20 Å². The average molecular weight is 663 g/mol. The molecule has 0 spiro atoms. The Labute approximate surface area is 284 Å². The Morgan fingerprint density at radius 3 is 2.22 bits per heavy atom. The first kappa shape index (κ1) is 33.5. The summed E-state index contributed by atoms with van der Waals surface area (Å²) in [6.45, 7) is 4.31. The van der Waals surface area contributed by atoms with Crippen LogP contribution in [-0.2, 0) is 45.0 Å². The first-order valence-electron chi connectivity index (χ1n) is 16.8. The minimum absolute atomic E-state index is 0.0508. The predicted octanol–water partition coefficient (Wildman–Crippen LogP) is 3.73. The fourth-order valence-electron chi connectivity index (χ4n) is 6.60. The monoisotopic (exact) mass is 662 g/mol. The molecule has 11 nitrogen and oxygen atoms in total. The zero-order valence-corrected chi connectivity index (χ0v) is 27.6. The van der Waals surface area contributed by atoms with Gasteiger partial charge in [-0.2, -0.15) is 0 Å². The highest BCUT2D eigenvalue weighted by Crippen LogP contribution is 2.27. The Balaban J connectivity index is 1.18. The normalized spacial score (nSPS) is 16.7. The van der Waals surface area contributed by atoms with E-state index in [1.165, 1.54) is 0 Å². The van der Waals surface area contributed by atoms with Crippen LogP contribution in [0.5, 0.6) is 0 Å². The summed E-state index contributed by atoms with van der Waals surface area (Å²) in [6.07, 6.45) is 2.99. The van der Waals surface area contributed by atoms with Crippen LogP contribution in [0.25, 0.3) is 21.8 Å². The van der Waals surface area contributed by atoms with Gasteiger partial charge in [0.25, 0.3) is 0 Å². The van der Waals surface area contributed by atoms with E-state index in [-0.39, 0.29) is 24.7 Å². The Morgan fingerprint density at radius 2 is 1.49 bits per heavy atom. The van der Waals surface area contributed by atoms with Gasteiger partial charge in [-0.1, -0.05) is 87.0 Å². The van der Waals surface area contributed by atoms with Gasteiger partial charge in [-0.15, -0.1) is 0 Å². The molecule has 7 N–H and O–H groups in total. The smallest absolute Gasteiger partial charge is 0.326 e. The van der Waals surface area contributed by atoms with E-state index < -0.39 is 42.0 Å². The second kappa shape index (κ2) is 14.8. The summed E-state index contributed by atoms with van der Waals surface area (Å²) >= 11 is 0. The number of aromatic amines is 2. The van der Waals surface area contributed by atoms with Crippen LogP contribution >= 0.6 is 0 Å². The summed E-state index contributed by atoms with van der Waals surface area (Å²) < 4.78 is 0. The lowest BCUT2D eigenvalue weighted by Gasteiger charge is -2.30. The lowest BCUT2D eigenvalue weighted by atomic mass is 9.94. The molecule has 6 rings (SSSR count). The number of H-pyrrole nitrogens is 2. The summed E-state index contributed by atoms with van der Waals surface area (Å²) in [7, 11) is 0. The minimum Gasteiger partial charge on any atom is -0.480 e. The van der Waals surface area contributed by atoms with Gasteiger partial charge >= 0.3 is 5.97 Å². The number of carboxylic acid groups (broad SMARTS) is 1. The van der Waals surface area contributed by atoms with Crippen LogP contribution in [0, 0.1) is 5.92 Å². The van der Waals surface area contributed by atoms with Crippen LogP contribution in [0.4, 0.5) is 0 Å².